The van der Waals surface area contributed by atoms with Crippen molar-refractivity contribution in [3.63, 3.8) is 0 Å². The first kappa shape index (κ1) is 19.9. The number of carbonyl (C=O) groups excluding carboxylic acids is 1. The molecule has 2 aromatic heterocycles. The lowest BCUT2D eigenvalue weighted by Crippen LogP contribution is -2.29. The second kappa shape index (κ2) is 8.54. The molecule has 1 saturated heterocycles. The van der Waals surface area contributed by atoms with Gasteiger partial charge in [0.2, 0.25) is 5.91 Å². The summed E-state index contributed by atoms with van der Waals surface area (Å²) in [5, 5.41) is 9.89. The fraction of sp³-hybridized carbons (Fsp3) is 0.391. The minimum absolute atomic E-state index is 0.197. The number of nitrogens with zero attached hydrogens (tertiary/aromatic N) is 5. The Balaban J connectivity index is 1.70. The molecule has 1 aromatic carbocycles. The first-order valence-electron chi connectivity index (χ1n) is 10.3. The monoisotopic (exact) mass is 403 g/mol. The summed E-state index contributed by atoms with van der Waals surface area (Å²) in [5.41, 5.74) is 4.78. The summed E-state index contributed by atoms with van der Waals surface area (Å²) in [6.07, 6.45) is 6.25. The van der Waals surface area contributed by atoms with Crippen molar-refractivity contribution in [2.75, 3.05) is 19.7 Å². The van der Waals surface area contributed by atoms with E-state index in [4.69, 9.17) is 15.0 Å². The van der Waals surface area contributed by atoms with Crippen LogP contribution in [0.25, 0.3) is 22.3 Å². The van der Waals surface area contributed by atoms with E-state index >= 15 is 0 Å². The molecule has 0 radical (unpaired) electrons. The van der Waals surface area contributed by atoms with Crippen molar-refractivity contribution in [2.45, 2.75) is 32.6 Å². The molecule has 1 fully saturated rings. The highest BCUT2D eigenvalue weighted by Crippen LogP contribution is 2.32. The van der Waals surface area contributed by atoms with Gasteiger partial charge in [-0.2, -0.15) is 5.26 Å². The SMILES string of the molecule is Cc1cc2nc(-c3cncn3C)cc(OCCN3CCCC3=O)c2cc1CCC#N. The van der Waals surface area contributed by atoms with Gasteiger partial charge in [-0.1, -0.05) is 0 Å². The summed E-state index contributed by atoms with van der Waals surface area (Å²) in [6.45, 7) is 3.86. The lowest BCUT2D eigenvalue weighted by atomic mass is 10.00. The quantitative estimate of drug-likeness (QED) is 0.604. The van der Waals surface area contributed by atoms with Crippen molar-refractivity contribution in [1.29, 1.82) is 5.26 Å². The number of amides is 1. The summed E-state index contributed by atoms with van der Waals surface area (Å²) in [6, 6.07) is 8.29. The van der Waals surface area contributed by atoms with Crippen molar-refractivity contribution in [1.82, 2.24) is 19.4 Å². The molecule has 0 saturated carbocycles. The smallest absolute Gasteiger partial charge is 0.222 e. The highest BCUT2D eigenvalue weighted by Gasteiger charge is 2.20. The van der Waals surface area contributed by atoms with Crippen LogP contribution < -0.4 is 4.74 Å². The van der Waals surface area contributed by atoms with Gasteiger partial charge in [0.15, 0.2) is 0 Å². The number of aromatic nitrogens is 3. The van der Waals surface area contributed by atoms with Crippen LogP contribution in [0.1, 0.15) is 30.4 Å². The maximum Gasteiger partial charge on any atom is 0.222 e. The van der Waals surface area contributed by atoms with Crippen LogP contribution in [0.3, 0.4) is 0 Å². The van der Waals surface area contributed by atoms with Crippen LogP contribution in [0.5, 0.6) is 5.75 Å². The lowest BCUT2D eigenvalue weighted by molar-refractivity contribution is -0.128. The molecule has 1 aliphatic rings. The van der Waals surface area contributed by atoms with E-state index in [0.717, 1.165) is 52.1 Å². The van der Waals surface area contributed by atoms with Crippen LogP contribution >= 0.6 is 0 Å². The van der Waals surface area contributed by atoms with E-state index < -0.39 is 0 Å². The maximum atomic E-state index is 11.9. The largest absolute Gasteiger partial charge is 0.491 e. The van der Waals surface area contributed by atoms with E-state index in [0.29, 0.717) is 32.4 Å². The Morgan fingerprint density at radius 2 is 2.17 bits per heavy atom. The van der Waals surface area contributed by atoms with Gasteiger partial charge >= 0.3 is 0 Å². The predicted octanol–water partition coefficient (Wildman–Crippen LogP) is 3.40. The third kappa shape index (κ3) is 3.99. The van der Waals surface area contributed by atoms with E-state index in [-0.39, 0.29) is 5.91 Å². The molecule has 0 spiro atoms. The molecule has 1 aliphatic heterocycles. The van der Waals surface area contributed by atoms with Crippen molar-refractivity contribution in [3.05, 3.63) is 41.9 Å². The Bertz CT molecular complexity index is 1130. The fourth-order valence-electron chi connectivity index (χ4n) is 3.91. The molecule has 0 unspecified atom stereocenters. The maximum absolute atomic E-state index is 11.9. The minimum Gasteiger partial charge on any atom is -0.491 e. The van der Waals surface area contributed by atoms with Crippen LogP contribution in [-0.2, 0) is 18.3 Å². The van der Waals surface area contributed by atoms with Crippen LogP contribution in [-0.4, -0.2) is 45.0 Å². The van der Waals surface area contributed by atoms with E-state index in [1.54, 1.807) is 12.5 Å². The van der Waals surface area contributed by atoms with Crippen LogP contribution in [0.4, 0.5) is 0 Å². The average molecular weight is 403 g/mol. The van der Waals surface area contributed by atoms with Gasteiger partial charge in [-0.3, -0.25) is 4.79 Å². The van der Waals surface area contributed by atoms with E-state index in [1.165, 1.54) is 0 Å². The zero-order valence-electron chi connectivity index (χ0n) is 17.4. The van der Waals surface area contributed by atoms with Gasteiger partial charge in [0.05, 0.1) is 42.0 Å². The summed E-state index contributed by atoms with van der Waals surface area (Å²) < 4.78 is 8.10. The van der Waals surface area contributed by atoms with Gasteiger partial charge in [-0.25, -0.2) is 9.97 Å². The van der Waals surface area contributed by atoms with E-state index in [9.17, 15) is 4.79 Å². The number of fused-ring (bicyclic) bond motifs is 1. The van der Waals surface area contributed by atoms with Crippen molar-refractivity contribution >= 4 is 16.8 Å². The molecule has 0 atom stereocenters. The standard InChI is InChI=1S/C23H25N5O2/c1-16-11-19-18(12-17(16)5-3-7-24)22(30-10-9-28-8-4-6-23(28)29)13-20(26-19)21-14-25-15-27(21)2/h11-15H,3-6,8-10H2,1-2H3. The molecule has 7 heteroatoms. The fourth-order valence-corrected chi connectivity index (χ4v) is 3.91. The average Bonchev–Trinajstić information content (AvgIpc) is 3.34. The molecule has 0 bridgehead atoms. The first-order valence-corrected chi connectivity index (χ1v) is 10.3. The number of ether oxygens (including phenoxy) is 1. The molecule has 154 valence electrons. The van der Waals surface area contributed by atoms with E-state index in [2.05, 4.69) is 23.2 Å². The van der Waals surface area contributed by atoms with E-state index in [1.807, 2.05) is 29.5 Å². The Kier molecular flexibility index (Phi) is 5.66. The number of hydrogen-bond donors (Lipinski definition) is 0. The topological polar surface area (TPSA) is 84.0 Å². The number of hydrogen-bond acceptors (Lipinski definition) is 5. The number of imidazole rings is 1. The Morgan fingerprint density at radius 3 is 2.87 bits per heavy atom. The van der Waals surface area contributed by atoms with Gasteiger partial charge in [-0.15, -0.1) is 0 Å². The zero-order chi connectivity index (χ0) is 21.1. The molecular formula is C23H25N5O2. The van der Waals surface area contributed by atoms with Crippen LogP contribution in [0, 0.1) is 18.3 Å². The number of aryl methyl sites for hydroxylation is 3. The van der Waals surface area contributed by atoms with Crippen LogP contribution in [0.15, 0.2) is 30.7 Å². The van der Waals surface area contributed by atoms with Gasteiger partial charge in [-0.05, 0) is 43.0 Å². The summed E-state index contributed by atoms with van der Waals surface area (Å²) in [5.74, 6) is 0.934. The summed E-state index contributed by atoms with van der Waals surface area (Å²) in [4.78, 5) is 22.8. The highest BCUT2D eigenvalue weighted by atomic mass is 16.5. The Morgan fingerprint density at radius 1 is 1.30 bits per heavy atom. The third-order valence-corrected chi connectivity index (χ3v) is 5.60. The van der Waals surface area contributed by atoms with Gasteiger partial charge in [0.25, 0.3) is 0 Å². The molecule has 0 aliphatic carbocycles. The molecule has 1 amide bonds. The molecule has 7 nitrogen and oxygen atoms in total. The number of rotatable bonds is 7. The predicted molar refractivity (Wildman–Crippen MR) is 114 cm³/mol. The Labute approximate surface area is 175 Å². The third-order valence-electron chi connectivity index (χ3n) is 5.60. The van der Waals surface area contributed by atoms with Gasteiger partial charge in [0.1, 0.15) is 12.4 Å². The minimum atomic E-state index is 0.197. The first-order chi connectivity index (χ1) is 14.6. The highest BCUT2D eigenvalue weighted by molar-refractivity contribution is 5.89. The molecule has 0 N–H and O–H groups in total. The zero-order valence-corrected chi connectivity index (χ0v) is 17.4. The van der Waals surface area contributed by atoms with Gasteiger partial charge < -0.3 is 14.2 Å². The van der Waals surface area contributed by atoms with Crippen LogP contribution in [0.2, 0.25) is 0 Å². The van der Waals surface area contributed by atoms with Gasteiger partial charge in [0, 0.05) is 37.9 Å². The molecule has 4 rings (SSSR count). The second-order valence-electron chi connectivity index (χ2n) is 7.68. The number of pyridine rings is 1. The molecule has 3 heterocycles. The molecular weight excluding hydrogens is 378 g/mol. The lowest BCUT2D eigenvalue weighted by Gasteiger charge is -2.18. The number of likely N-dealkylation sites (tertiary alicyclic amines) is 1. The molecule has 30 heavy (non-hydrogen) atoms. The van der Waals surface area contributed by atoms with Crippen molar-refractivity contribution in [2.24, 2.45) is 7.05 Å². The second-order valence-corrected chi connectivity index (χ2v) is 7.68. The Hall–Kier alpha value is -3.40. The summed E-state index contributed by atoms with van der Waals surface area (Å²) >= 11 is 0. The number of carbonyl (C=O) groups is 1. The molecule has 3 aromatic rings. The van der Waals surface area contributed by atoms with Crippen molar-refractivity contribution < 1.29 is 9.53 Å². The normalized spacial score (nSPS) is 13.8. The number of benzene rings is 1. The number of nitriles is 1. The summed E-state index contributed by atoms with van der Waals surface area (Å²) in [7, 11) is 1.93. The van der Waals surface area contributed by atoms with Crippen molar-refractivity contribution in [3.8, 4) is 23.2 Å².